The molecule has 0 radical (unpaired) electrons. The van der Waals surface area contributed by atoms with E-state index in [-0.39, 0.29) is 17.4 Å². The highest BCUT2D eigenvalue weighted by molar-refractivity contribution is 6.32. The molecule has 2 nitrogen and oxygen atoms in total. The molecule has 12 heavy (non-hydrogen) atoms. The number of phenols is 1. The third kappa shape index (κ3) is 2.16. The maximum Gasteiger partial charge on any atom is 0.134 e. The summed E-state index contributed by atoms with van der Waals surface area (Å²) in [6.45, 7) is -0.182. The topological polar surface area (TPSA) is 40.5 Å². The Morgan fingerprint density at radius 3 is 2.75 bits per heavy atom. The first-order valence-electron chi connectivity index (χ1n) is 3.32. The lowest BCUT2D eigenvalue weighted by Gasteiger charge is -1.95. The Balaban J connectivity index is 2.97. The lowest BCUT2D eigenvalue weighted by Crippen LogP contribution is -1.77. The molecule has 0 amide bonds. The van der Waals surface area contributed by atoms with Crippen LogP contribution in [0.2, 0.25) is 5.02 Å². The monoisotopic (exact) mass is 182 g/mol. The van der Waals surface area contributed by atoms with E-state index in [0.717, 1.165) is 0 Å². The summed E-state index contributed by atoms with van der Waals surface area (Å²) in [5, 5.41) is 17.7. The first-order chi connectivity index (χ1) is 5.74. The van der Waals surface area contributed by atoms with Gasteiger partial charge >= 0.3 is 0 Å². The highest BCUT2D eigenvalue weighted by Gasteiger charge is 1.96. The summed E-state index contributed by atoms with van der Waals surface area (Å²) in [6, 6.07) is 4.63. The number of hydrogen-bond donors (Lipinski definition) is 2. The summed E-state index contributed by atoms with van der Waals surface area (Å²) >= 11 is 5.61. The average molecular weight is 183 g/mol. The van der Waals surface area contributed by atoms with Crippen LogP contribution in [-0.4, -0.2) is 16.8 Å². The SMILES string of the molecule is OCC#Cc1ccc(O)c(Cl)c1. The van der Waals surface area contributed by atoms with E-state index in [4.69, 9.17) is 21.8 Å². The van der Waals surface area contributed by atoms with Gasteiger partial charge in [0.25, 0.3) is 0 Å². The van der Waals surface area contributed by atoms with Crippen molar-refractivity contribution in [3.8, 4) is 17.6 Å². The van der Waals surface area contributed by atoms with E-state index in [1.807, 2.05) is 0 Å². The van der Waals surface area contributed by atoms with Crippen molar-refractivity contribution in [2.24, 2.45) is 0 Å². The zero-order valence-corrected chi connectivity index (χ0v) is 6.97. The number of rotatable bonds is 0. The van der Waals surface area contributed by atoms with Gasteiger partial charge in [-0.2, -0.15) is 0 Å². The maximum absolute atomic E-state index is 9.04. The molecule has 0 atom stereocenters. The number of aliphatic hydroxyl groups excluding tert-OH is 1. The van der Waals surface area contributed by atoms with E-state index < -0.39 is 0 Å². The van der Waals surface area contributed by atoms with Crippen molar-refractivity contribution in [2.45, 2.75) is 0 Å². The molecule has 0 aliphatic carbocycles. The van der Waals surface area contributed by atoms with Gasteiger partial charge in [0.2, 0.25) is 0 Å². The molecule has 0 heterocycles. The van der Waals surface area contributed by atoms with E-state index >= 15 is 0 Å². The second kappa shape index (κ2) is 4.01. The molecule has 3 heteroatoms. The fourth-order valence-corrected chi connectivity index (χ4v) is 0.907. The summed E-state index contributed by atoms with van der Waals surface area (Å²) in [5.74, 6) is 5.18. The molecule has 0 bridgehead atoms. The number of halogens is 1. The van der Waals surface area contributed by atoms with Crippen molar-refractivity contribution in [1.82, 2.24) is 0 Å². The van der Waals surface area contributed by atoms with Crippen LogP contribution in [0.5, 0.6) is 5.75 Å². The van der Waals surface area contributed by atoms with Gasteiger partial charge in [-0.05, 0) is 18.2 Å². The van der Waals surface area contributed by atoms with Crippen molar-refractivity contribution >= 4 is 11.6 Å². The average Bonchev–Trinajstić information content (AvgIpc) is 2.07. The second-order valence-electron chi connectivity index (χ2n) is 2.13. The molecule has 1 aromatic carbocycles. The quantitative estimate of drug-likeness (QED) is 0.596. The van der Waals surface area contributed by atoms with Crippen LogP contribution in [0.4, 0.5) is 0 Å². The lowest BCUT2D eigenvalue weighted by atomic mass is 10.2. The largest absolute Gasteiger partial charge is 0.506 e. The van der Waals surface area contributed by atoms with Crippen LogP contribution in [0.15, 0.2) is 18.2 Å². The minimum Gasteiger partial charge on any atom is -0.506 e. The summed E-state index contributed by atoms with van der Waals surface area (Å²) in [6.07, 6.45) is 0. The Morgan fingerprint density at radius 2 is 2.17 bits per heavy atom. The smallest absolute Gasteiger partial charge is 0.134 e. The van der Waals surface area contributed by atoms with Gasteiger partial charge in [0.1, 0.15) is 12.4 Å². The standard InChI is InChI=1S/C9H7ClO2/c10-8-6-7(2-1-5-11)3-4-9(8)12/h3-4,6,11-12H,5H2. The van der Waals surface area contributed by atoms with E-state index in [1.165, 1.54) is 6.07 Å². The number of aromatic hydroxyl groups is 1. The molecule has 1 rings (SSSR count). The third-order valence-corrected chi connectivity index (χ3v) is 1.56. The zero-order chi connectivity index (χ0) is 8.97. The van der Waals surface area contributed by atoms with Crippen LogP contribution in [0, 0.1) is 11.8 Å². The minimum absolute atomic E-state index is 0.0335. The van der Waals surface area contributed by atoms with Crippen molar-refractivity contribution in [2.75, 3.05) is 6.61 Å². The Bertz CT molecular complexity index is 336. The van der Waals surface area contributed by atoms with Gasteiger partial charge in [0, 0.05) is 5.56 Å². The summed E-state index contributed by atoms with van der Waals surface area (Å²) in [5.41, 5.74) is 0.673. The van der Waals surface area contributed by atoms with Gasteiger partial charge in [-0.15, -0.1) is 0 Å². The first kappa shape index (κ1) is 8.92. The van der Waals surface area contributed by atoms with Gasteiger partial charge in [-0.3, -0.25) is 0 Å². The molecular formula is C9H7ClO2. The molecule has 0 aliphatic rings. The normalized spacial score (nSPS) is 8.83. The molecule has 1 aromatic rings. The Labute approximate surface area is 75.4 Å². The van der Waals surface area contributed by atoms with Crippen molar-refractivity contribution in [3.63, 3.8) is 0 Å². The number of benzene rings is 1. The molecular weight excluding hydrogens is 176 g/mol. The van der Waals surface area contributed by atoms with Crippen LogP contribution in [0.25, 0.3) is 0 Å². The van der Waals surface area contributed by atoms with Gasteiger partial charge in [0.15, 0.2) is 0 Å². The van der Waals surface area contributed by atoms with E-state index in [1.54, 1.807) is 12.1 Å². The van der Waals surface area contributed by atoms with Crippen molar-refractivity contribution in [1.29, 1.82) is 0 Å². The fraction of sp³-hybridized carbons (Fsp3) is 0.111. The fourth-order valence-electron chi connectivity index (χ4n) is 0.726. The Morgan fingerprint density at radius 1 is 1.42 bits per heavy atom. The highest BCUT2D eigenvalue weighted by atomic mass is 35.5. The van der Waals surface area contributed by atoms with Crippen LogP contribution in [0.1, 0.15) is 5.56 Å². The molecule has 0 aliphatic heterocycles. The number of phenolic OH excluding ortho intramolecular Hbond substituents is 1. The van der Waals surface area contributed by atoms with Gasteiger partial charge < -0.3 is 10.2 Å². The van der Waals surface area contributed by atoms with Crippen LogP contribution >= 0.6 is 11.6 Å². The molecule has 0 unspecified atom stereocenters. The number of hydrogen-bond acceptors (Lipinski definition) is 2. The lowest BCUT2D eigenvalue weighted by molar-refractivity contribution is 0.350. The third-order valence-electron chi connectivity index (χ3n) is 1.26. The summed E-state index contributed by atoms with van der Waals surface area (Å²) in [4.78, 5) is 0. The number of aliphatic hydroxyl groups is 1. The van der Waals surface area contributed by atoms with Crippen LogP contribution in [-0.2, 0) is 0 Å². The maximum atomic E-state index is 9.04. The van der Waals surface area contributed by atoms with Crippen molar-refractivity contribution in [3.05, 3.63) is 28.8 Å². The second-order valence-corrected chi connectivity index (χ2v) is 2.53. The predicted octanol–water partition coefficient (Wildman–Crippen LogP) is 1.39. The van der Waals surface area contributed by atoms with Gasteiger partial charge in [-0.25, -0.2) is 0 Å². The van der Waals surface area contributed by atoms with Crippen molar-refractivity contribution < 1.29 is 10.2 Å². The molecule has 0 saturated heterocycles. The molecule has 2 N–H and O–H groups in total. The van der Waals surface area contributed by atoms with Gasteiger partial charge in [0.05, 0.1) is 5.02 Å². The summed E-state index contributed by atoms with van der Waals surface area (Å²) in [7, 11) is 0. The Hall–Kier alpha value is -1.17. The van der Waals surface area contributed by atoms with Crippen LogP contribution in [0.3, 0.4) is 0 Å². The molecule has 0 spiro atoms. The zero-order valence-electron chi connectivity index (χ0n) is 6.21. The molecule has 0 saturated carbocycles. The molecule has 62 valence electrons. The Kier molecular flexibility index (Phi) is 2.98. The molecule has 0 fully saturated rings. The highest BCUT2D eigenvalue weighted by Crippen LogP contribution is 2.22. The van der Waals surface area contributed by atoms with E-state index in [0.29, 0.717) is 5.56 Å². The van der Waals surface area contributed by atoms with Gasteiger partial charge in [-0.1, -0.05) is 23.4 Å². The summed E-state index contributed by atoms with van der Waals surface area (Å²) < 4.78 is 0. The van der Waals surface area contributed by atoms with Crippen LogP contribution < -0.4 is 0 Å². The van der Waals surface area contributed by atoms with E-state index in [9.17, 15) is 0 Å². The predicted molar refractivity (Wildman–Crippen MR) is 47.1 cm³/mol. The first-order valence-corrected chi connectivity index (χ1v) is 3.70. The van der Waals surface area contributed by atoms with E-state index in [2.05, 4.69) is 11.8 Å². The minimum atomic E-state index is -0.182. The molecule has 0 aromatic heterocycles.